The van der Waals surface area contributed by atoms with Gasteiger partial charge in [-0.2, -0.15) is 30.7 Å². The Hall–Kier alpha value is -1.51. The molecule has 0 spiro atoms. The molecule has 9 heteroatoms. The number of halogens is 7. The fourth-order valence-corrected chi connectivity index (χ4v) is 1.98. The van der Waals surface area contributed by atoms with E-state index >= 15 is 0 Å². The molecule has 2 nitrogen and oxygen atoms in total. The van der Waals surface area contributed by atoms with E-state index in [1.54, 1.807) is 0 Å². The molecule has 1 N–H and O–H groups in total. The second-order valence-electron chi connectivity index (χ2n) is 5.60. The first kappa shape index (κ1) is 20.5. The summed E-state index contributed by atoms with van der Waals surface area (Å²) < 4.78 is 94.5. The normalized spacial score (nSPS) is 15.9. The smallest absolute Gasteiger partial charge is 0.459 e. The summed E-state index contributed by atoms with van der Waals surface area (Å²) in [6, 6.07) is 4.87. The van der Waals surface area contributed by atoms with E-state index in [1.807, 2.05) is 6.92 Å². The minimum atomic E-state index is -6.43. The Balaban J connectivity index is 2.99. The van der Waals surface area contributed by atoms with Crippen LogP contribution in [0.1, 0.15) is 32.3 Å². The number of hydrogen-bond donors (Lipinski definition) is 1. The van der Waals surface area contributed by atoms with Crippen LogP contribution in [-0.4, -0.2) is 29.7 Å². The number of rotatable bonds is 7. The summed E-state index contributed by atoms with van der Waals surface area (Å²) in [6.07, 6.45) is -7.82. The molecule has 1 aromatic rings. The second kappa shape index (κ2) is 6.78. The standard InChI is InChI=1S/C15H17F7O2/c1-3-8-24-11-6-4-10(5-7-11)12(2,23)9-13(16,17)14(18,19)15(20,21)22/h4-7,23H,3,8-9H2,1-2H3. The summed E-state index contributed by atoms with van der Waals surface area (Å²) >= 11 is 0. The summed E-state index contributed by atoms with van der Waals surface area (Å²) in [5, 5.41) is 10.00. The molecule has 1 aromatic carbocycles. The van der Waals surface area contributed by atoms with Crippen molar-refractivity contribution in [3.63, 3.8) is 0 Å². The van der Waals surface area contributed by atoms with Crippen LogP contribution in [0.15, 0.2) is 24.3 Å². The molecule has 0 bridgehead atoms. The molecular formula is C15H17F7O2. The Morgan fingerprint density at radius 3 is 1.88 bits per heavy atom. The Morgan fingerprint density at radius 1 is 0.958 bits per heavy atom. The molecule has 24 heavy (non-hydrogen) atoms. The highest BCUT2D eigenvalue weighted by molar-refractivity contribution is 5.31. The lowest BCUT2D eigenvalue weighted by Gasteiger charge is -2.34. The monoisotopic (exact) mass is 362 g/mol. The van der Waals surface area contributed by atoms with Gasteiger partial charge >= 0.3 is 18.0 Å². The molecule has 0 saturated heterocycles. The first-order valence-corrected chi connectivity index (χ1v) is 7.02. The molecule has 0 heterocycles. The zero-order chi connectivity index (χ0) is 18.8. The first-order chi connectivity index (χ1) is 10.7. The van der Waals surface area contributed by atoms with Gasteiger partial charge < -0.3 is 9.84 Å². The molecule has 0 aliphatic rings. The van der Waals surface area contributed by atoms with E-state index in [-0.39, 0.29) is 5.56 Å². The van der Waals surface area contributed by atoms with E-state index in [9.17, 15) is 35.8 Å². The van der Waals surface area contributed by atoms with Gasteiger partial charge in [0.15, 0.2) is 0 Å². The van der Waals surface area contributed by atoms with Gasteiger partial charge in [0.25, 0.3) is 0 Å². The lowest BCUT2D eigenvalue weighted by atomic mass is 9.87. The number of aliphatic hydroxyl groups is 1. The third kappa shape index (κ3) is 4.31. The van der Waals surface area contributed by atoms with Crippen molar-refractivity contribution in [2.45, 2.75) is 50.3 Å². The molecule has 0 radical (unpaired) electrons. The second-order valence-corrected chi connectivity index (χ2v) is 5.60. The van der Waals surface area contributed by atoms with Crippen molar-refractivity contribution in [2.24, 2.45) is 0 Å². The molecule has 0 aliphatic carbocycles. The van der Waals surface area contributed by atoms with E-state index in [1.165, 1.54) is 12.1 Å². The number of hydrogen-bond acceptors (Lipinski definition) is 2. The molecule has 0 aromatic heterocycles. The molecule has 0 amide bonds. The van der Waals surface area contributed by atoms with Crippen LogP contribution < -0.4 is 4.74 Å². The van der Waals surface area contributed by atoms with Crippen LogP contribution in [0.2, 0.25) is 0 Å². The van der Waals surface area contributed by atoms with Gasteiger partial charge in [-0.05, 0) is 31.0 Å². The largest absolute Gasteiger partial charge is 0.494 e. The Morgan fingerprint density at radius 2 is 1.46 bits per heavy atom. The molecule has 0 aliphatic heterocycles. The van der Waals surface area contributed by atoms with Crippen molar-refractivity contribution in [1.29, 1.82) is 0 Å². The highest BCUT2D eigenvalue weighted by atomic mass is 19.4. The third-order valence-electron chi connectivity index (χ3n) is 3.33. The zero-order valence-electron chi connectivity index (χ0n) is 12.9. The van der Waals surface area contributed by atoms with Crippen molar-refractivity contribution in [3.05, 3.63) is 29.8 Å². The predicted octanol–water partition coefficient (Wildman–Crippen LogP) is 4.91. The van der Waals surface area contributed by atoms with Gasteiger partial charge in [0.2, 0.25) is 0 Å². The van der Waals surface area contributed by atoms with Gasteiger partial charge in [0, 0.05) is 0 Å². The maximum absolute atomic E-state index is 13.5. The molecular weight excluding hydrogens is 345 g/mol. The van der Waals surface area contributed by atoms with E-state index in [2.05, 4.69) is 0 Å². The molecule has 0 fully saturated rings. The van der Waals surface area contributed by atoms with Gasteiger partial charge in [-0.15, -0.1) is 0 Å². The van der Waals surface area contributed by atoms with Crippen molar-refractivity contribution in [3.8, 4) is 5.75 Å². The average molecular weight is 362 g/mol. The molecule has 1 atom stereocenters. The van der Waals surface area contributed by atoms with Crippen LogP contribution in [-0.2, 0) is 5.60 Å². The van der Waals surface area contributed by atoms with Crippen molar-refractivity contribution in [2.75, 3.05) is 6.61 Å². The minimum Gasteiger partial charge on any atom is -0.494 e. The van der Waals surface area contributed by atoms with E-state index in [4.69, 9.17) is 4.74 Å². The summed E-state index contributed by atoms with van der Waals surface area (Å²) in [5.41, 5.74) is -2.83. The summed E-state index contributed by atoms with van der Waals surface area (Å²) in [7, 11) is 0. The van der Waals surface area contributed by atoms with Crippen LogP contribution in [0.5, 0.6) is 5.75 Å². The Bertz CT molecular complexity index is 536. The molecule has 138 valence electrons. The predicted molar refractivity (Wildman–Crippen MR) is 72.4 cm³/mol. The Labute approximate surface area is 134 Å². The van der Waals surface area contributed by atoms with Crippen molar-refractivity contribution in [1.82, 2.24) is 0 Å². The van der Waals surface area contributed by atoms with Crippen LogP contribution in [0, 0.1) is 0 Å². The maximum atomic E-state index is 13.5. The average Bonchev–Trinajstić information content (AvgIpc) is 2.43. The van der Waals surface area contributed by atoms with E-state index < -0.39 is 30.0 Å². The Kier molecular flexibility index (Phi) is 5.80. The summed E-state index contributed by atoms with van der Waals surface area (Å²) in [5.74, 6) is -11.4. The first-order valence-electron chi connectivity index (χ1n) is 7.02. The van der Waals surface area contributed by atoms with Crippen LogP contribution in [0.25, 0.3) is 0 Å². The van der Waals surface area contributed by atoms with Gasteiger partial charge in [0.1, 0.15) is 5.75 Å². The highest BCUT2D eigenvalue weighted by Crippen LogP contribution is 2.50. The minimum absolute atomic E-state index is 0.232. The van der Waals surface area contributed by atoms with E-state index in [0.717, 1.165) is 19.1 Å². The van der Waals surface area contributed by atoms with Gasteiger partial charge in [-0.1, -0.05) is 19.1 Å². The maximum Gasteiger partial charge on any atom is 0.459 e. The molecule has 1 unspecified atom stereocenters. The molecule has 1 rings (SSSR count). The number of ether oxygens (including phenoxy) is 1. The fourth-order valence-electron chi connectivity index (χ4n) is 1.98. The van der Waals surface area contributed by atoms with Crippen LogP contribution >= 0.6 is 0 Å². The van der Waals surface area contributed by atoms with Crippen LogP contribution in [0.4, 0.5) is 30.7 Å². The van der Waals surface area contributed by atoms with Gasteiger partial charge in [-0.3, -0.25) is 0 Å². The zero-order valence-corrected chi connectivity index (χ0v) is 12.9. The number of alkyl halides is 7. The summed E-state index contributed by atoms with van der Waals surface area (Å²) in [4.78, 5) is 0. The topological polar surface area (TPSA) is 29.5 Å². The number of benzene rings is 1. The quantitative estimate of drug-likeness (QED) is 0.699. The lowest BCUT2D eigenvalue weighted by molar-refractivity contribution is -0.361. The highest BCUT2D eigenvalue weighted by Gasteiger charge is 2.73. The van der Waals surface area contributed by atoms with Crippen molar-refractivity contribution >= 4 is 0 Å². The fraction of sp³-hybridized carbons (Fsp3) is 0.600. The van der Waals surface area contributed by atoms with Gasteiger partial charge in [-0.25, -0.2) is 0 Å². The lowest BCUT2D eigenvalue weighted by Crippen LogP contribution is -2.54. The summed E-state index contributed by atoms with van der Waals surface area (Å²) in [6.45, 7) is 2.98. The third-order valence-corrected chi connectivity index (χ3v) is 3.33. The van der Waals surface area contributed by atoms with Crippen LogP contribution in [0.3, 0.4) is 0 Å². The van der Waals surface area contributed by atoms with E-state index in [0.29, 0.717) is 18.8 Å². The van der Waals surface area contributed by atoms with Gasteiger partial charge in [0.05, 0.1) is 18.6 Å². The SMILES string of the molecule is CCCOc1ccc(C(C)(O)CC(F)(F)C(F)(F)C(F)(F)F)cc1. The molecule has 0 saturated carbocycles. The van der Waals surface area contributed by atoms with Crippen molar-refractivity contribution < 1.29 is 40.6 Å².